The maximum Gasteiger partial charge on any atom is 0.343 e. The van der Waals surface area contributed by atoms with Gasteiger partial charge in [0, 0.05) is 18.6 Å². The van der Waals surface area contributed by atoms with E-state index in [4.69, 9.17) is 14.9 Å². The average Bonchev–Trinajstić information content (AvgIpc) is 2.38. The molecule has 0 amide bonds. The molecular formula is C8H10O5S2. The molecule has 1 aliphatic heterocycles. The second kappa shape index (κ2) is 5.43. The summed E-state index contributed by atoms with van der Waals surface area (Å²) in [5.74, 6) is -1.47. The highest BCUT2D eigenvalue weighted by Gasteiger charge is 2.27. The van der Waals surface area contributed by atoms with E-state index in [-0.39, 0.29) is 15.9 Å². The maximum absolute atomic E-state index is 10.8. The van der Waals surface area contributed by atoms with Crippen molar-refractivity contribution in [3.8, 4) is 0 Å². The van der Waals surface area contributed by atoms with Crippen LogP contribution in [0.25, 0.3) is 0 Å². The molecule has 0 aromatic heterocycles. The summed E-state index contributed by atoms with van der Waals surface area (Å²) in [6.07, 6.45) is -0.119. The fourth-order valence-corrected chi connectivity index (χ4v) is 3.39. The van der Waals surface area contributed by atoms with Gasteiger partial charge in [0.1, 0.15) is 9.81 Å². The molecule has 0 aromatic rings. The van der Waals surface area contributed by atoms with Crippen LogP contribution in [0.3, 0.4) is 0 Å². The molecule has 7 heteroatoms. The van der Waals surface area contributed by atoms with Gasteiger partial charge in [0.2, 0.25) is 0 Å². The molecule has 0 fully saturated rings. The molecule has 5 nitrogen and oxygen atoms in total. The lowest BCUT2D eigenvalue weighted by Crippen LogP contribution is -2.15. The molecule has 0 radical (unpaired) electrons. The lowest BCUT2D eigenvalue weighted by Gasteiger charge is -2.09. The largest absolute Gasteiger partial charge is 0.477 e. The van der Waals surface area contributed by atoms with E-state index in [0.29, 0.717) is 11.5 Å². The van der Waals surface area contributed by atoms with Crippen LogP contribution in [0.15, 0.2) is 9.81 Å². The molecule has 0 saturated carbocycles. The van der Waals surface area contributed by atoms with Crippen molar-refractivity contribution in [3.63, 3.8) is 0 Å². The first-order valence-corrected chi connectivity index (χ1v) is 6.02. The smallest absolute Gasteiger partial charge is 0.343 e. The van der Waals surface area contributed by atoms with Crippen molar-refractivity contribution in [1.82, 2.24) is 0 Å². The summed E-state index contributed by atoms with van der Waals surface area (Å²) in [6.45, 7) is 0. The second-order valence-electron chi connectivity index (χ2n) is 2.75. The van der Waals surface area contributed by atoms with Gasteiger partial charge in [-0.05, 0) is 0 Å². The minimum atomic E-state index is -1.19. The van der Waals surface area contributed by atoms with E-state index in [0.717, 1.165) is 23.5 Å². The molecule has 0 saturated heterocycles. The summed E-state index contributed by atoms with van der Waals surface area (Å²) >= 11 is 2.03. The first kappa shape index (κ1) is 12.4. The summed E-state index contributed by atoms with van der Waals surface area (Å²) in [5.41, 5.74) is 0. The Morgan fingerprint density at radius 2 is 1.60 bits per heavy atom. The number of carboxylic acid groups (broad SMARTS) is 2. The molecule has 0 atom stereocenters. The molecule has 15 heavy (non-hydrogen) atoms. The van der Waals surface area contributed by atoms with E-state index in [1.54, 1.807) is 0 Å². The maximum atomic E-state index is 10.8. The van der Waals surface area contributed by atoms with Gasteiger partial charge >= 0.3 is 11.9 Å². The highest BCUT2D eigenvalue weighted by atomic mass is 32.2. The fourth-order valence-electron chi connectivity index (χ4n) is 0.986. The molecule has 0 aliphatic carbocycles. The zero-order valence-corrected chi connectivity index (χ0v) is 9.56. The van der Waals surface area contributed by atoms with E-state index in [9.17, 15) is 9.59 Å². The van der Waals surface area contributed by atoms with Crippen LogP contribution in [-0.2, 0) is 14.3 Å². The predicted molar refractivity (Wildman–Crippen MR) is 58.0 cm³/mol. The Balaban J connectivity index is 2.91. The average molecular weight is 250 g/mol. The Kier molecular flexibility index (Phi) is 4.49. The third-order valence-electron chi connectivity index (χ3n) is 1.76. The van der Waals surface area contributed by atoms with Crippen molar-refractivity contribution in [1.29, 1.82) is 0 Å². The number of ether oxygens (including phenoxy) is 1. The van der Waals surface area contributed by atoms with Gasteiger partial charge in [-0.1, -0.05) is 0 Å². The van der Waals surface area contributed by atoms with Crippen molar-refractivity contribution < 1.29 is 24.5 Å². The lowest BCUT2D eigenvalue weighted by atomic mass is 10.5. The van der Waals surface area contributed by atoms with Gasteiger partial charge in [-0.15, -0.1) is 23.5 Å². The third-order valence-corrected chi connectivity index (χ3v) is 4.30. The predicted octanol–water partition coefficient (Wildman–Crippen LogP) is 0.862. The second-order valence-corrected chi connectivity index (χ2v) is 4.81. The summed E-state index contributed by atoms with van der Waals surface area (Å²) in [5, 5.41) is 17.7. The minimum absolute atomic E-state index is 0.105. The van der Waals surface area contributed by atoms with Crippen LogP contribution in [0.4, 0.5) is 0 Å². The van der Waals surface area contributed by atoms with Crippen molar-refractivity contribution in [2.45, 2.75) is 6.10 Å². The minimum Gasteiger partial charge on any atom is -0.477 e. The van der Waals surface area contributed by atoms with Crippen LogP contribution in [0.1, 0.15) is 0 Å². The van der Waals surface area contributed by atoms with Gasteiger partial charge in [-0.2, -0.15) is 0 Å². The summed E-state index contributed by atoms with van der Waals surface area (Å²) in [7, 11) is 1.53. The fraction of sp³-hybridized carbons (Fsp3) is 0.500. The zero-order valence-electron chi connectivity index (χ0n) is 7.93. The monoisotopic (exact) mass is 250 g/mol. The quantitative estimate of drug-likeness (QED) is 0.768. The zero-order chi connectivity index (χ0) is 11.4. The molecule has 0 aromatic carbocycles. The van der Waals surface area contributed by atoms with Crippen molar-refractivity contribution in [3.05, 3.63) is 9.81 Å². The van der Waals surface area contributed by atoms with Crippen LogP contribution in [-0.4, -0.2) is 46.9 Å². The van der Waals surface area contributed by atoms with Crippen molar-refractivity contribution >= 4 is 35.5 Å². The first-order valence-electron chi connectivity index (χ1n) is 4.05. The number of carboxylic acids is 2. The number of hydrogen-bond acceptors (Lipinski definition) is 5. The van der Waals surface area contributed by atoms with Crippen LogP contribution < -0.4 is 0 Å². The van der Waals surface area contributed by atoms with Crippen LogP contribution >= 0.6 is 23.5 Å². The summed E-state index contributed by atoms with van der Waals surface area (Å²) < 4.78 is 5.07. The van der Waals surface area contributed by atoms with Gasteiger partial charge in [0.15, 0.2) is 0 Å². The van der Waals surface area contributed by atoms with Crippen molar-refractivity contribution in [2.75, 3.05) is 18.6 Å². The highest BCUT2D eigenvalue weighted by molar-refractivity contribution is 8.08. The molecule has 0 spiro atoms. The van der Waals surface area contributed by atoms with Gasteiger partial charge in [-0.3, -0.25) is 0 Å². The number of carbonyl (C=O) groups is 2. The molecule has 1 heterocycles. The Bertz CT molecular complexity index is 284. The molecule has 0 unspecified atom stereocenters. The first-order chi connectivity index (χ1) is 7.06. The Hall–Kier alpha value is -0.660. The summed E-state index contributed by atoms with van der Waals surface area (Å²) in [6, 6.07) is 0. The summed E-state index contributed by atoms with van der Waals surface area (Å²) in [4.78, 5) is 21.4. The van der Waals surface area contributed by atoms with E-state index in [1.165, 1.54) is 7.11 Å². The van der Waals surface area contributed by atoms with Gasteiger partial charge in [-0.25, -0.2) is 9.59 Å². The number of aliphatic carboxylic acids is 2. The van der Waals surface area contributed by atoms with Crippen molar-refractivity contribution in [2.24, 2.45) is 0 Å². The lowest BCUT2D eigenvalue weighted by molar-refractivity contribution is -0.134. The number of methoxy groups -OCH3 is 1. The molecule has 2 N–H and O–H groups in total. The van der Waals surface area contributed by atoms with E-state index < -0.39 is 11.9 Å². The molecule has 0 bridgehead atoms. The molecular weight excluding hydrogens is 240 g/mol. The highest BCUT2D eigenvalue weighted by Crippen LogP contribution is 2.33. The van der Waals surface area contributed by atoms with Gasteiger partial charge < -0.3 is 14.9 Å². The van der Waals surface area contributed by atoms with Gasteiger partial charge in [0.05, 0.1) is 6.10 Å². The Morgan fingerprint density at radius 1 is 1.20 bits per heavy atom. The van der Waals surface area contributed by atoms with E-state index >= 15 is 0 Å². The number of rotatable bonds is 3. The van der Waals surface area contributed by atoms with Crippen LogP contribution in [0.2, 0.25) is 0 Å². The molecule has 1 aliphatic rings. The van der Waals surface area contributed by atoms with E-state index in [2.05, 4.69) is 0 Å². The van der Waals surface area contributed by atoms with E-state index in [1.807, 2.05) is 0 Å². The number of thioether (sulfide) groups is 2. The Morgan fingerprint density at radius 3 is 1.87 bits per heavy atom. The SMILES string of the molecule is COC1CSC(C(=O)O)=C(C(=O)O)SC1. The van der Waals surface area contributed by atoms with Crippen LogP contribution in [0.5, 0.6) is 0 Å². The normalized spacial score (nSPS) is 18.7. The Labute approximate surface area is 94.9 Å². The standard InChI is InChI=1S/C8H10O5S2/c1-13-4-2-14-5(7(9)10)6(8(11)12)15-3-4/h4H,2-3H2,1H3,(H,9,10)(H,11,12). The topological polar surface area (TPSA) is 83.8 Å². The molecule has 1 rings (SSSR count). The van der Waals surface area contributed by atoms with Gasteiger partial charge in [0.25, 0.3) is 0 Å². The number of hydrogen-bond donors (Lipinski definition) is 2. The third kappa shape index (κ3) is 3.15. The van der Waals surface area contributed by atoms with Crippen LogP contribution in [0, 0.1) is 0 Å². The molecule has 84 valence electrons.